The molecule has 1 aliphatic heterocycles. The Hall–Kier alpha value is -2.04. The molecule has 2 N–H and O–H groups in total. The van der Waals surface area contributed by atoms with E-state index >= 15 is 0 Å². The van der Waals surface area contributed by atoms with Gasteiger partial charge in [-0.3, -0.25) is 4.79 Å². The van der Waals surface area contributed by atoms with Gasteiger partial charge in [-0.1, -0.05) is 48.5 Å². The molecule has 0 saturated carbocycles. The number of benzene rings is 2. The van der Waals surface area contributed by atoms with Crippen molar-refractivity contribution in [2.75, 3.05) is 13.2 Å². The van der Waals surface area contributed by atoms with E-state index in [-0.39, 0.29) is 37.0 Å². The van der Waals surface area contributed by atoms with Crippen LogP contribution in [0.5, 0.6) is 5.75 Å². The van der Waals surface area contributed by atoms with Crippen LogP contribution in [0.1, 0.15) is 26.2 Å². The smallest absolute Gasteiger partial charge is 0.260 e. The number of para-hydroxylation sites is 1. The zero-order valence-corrected chi connectivity index (χ0v) is 16.0. The fraction of sp³-hybridized carbons (Fsp3) is 0.381. The number of carbonyl (C=O) groups is 1. The van der Waals surface area contributed by atoms with Crippen molar-refractivity contribution < 1.29 is 9.53 Å². The number of nitrogens with zero attached hydrogens (tertiary/aromatic N) is 1. The Bertz CT molecular complexity index is 706. The first kappa shape index (κ1) is 20.3. The topological polar surface area (TPSA) is 55.6 Å². The fourth-order valence-electron chi connectivity index (χ4n) is 3.48. The highest BCUT2D eigenvalue weighted by Gasteiger charge is 2.29. The van der Waals surface area contributed by atoms with Crippen LogP contribution in [0.15, 0.2) is 54.6 Å². The second-order valence-corrected chi connectivity index (χ2v) is 6.66. The number of hydrogen-bond donors (Lipinski definition) is 1. The third kappa shape index (κ3) is 4.77. The predicted octanol–water partition coefficient (Wildman–Crippen LogP) is 3.88. The van der Waals surface area contributed by atoms with Crippen molar-refractivity contribution >= 4 is 18.3 Å². The molecular weight excluding hydrogens is 348 g/mol. The lowest BCUT2D eigenvalue weighted by Crippen LogP contribution is -2.52. The van der Waals surface area contributed by atoms with E-state index in [9.17, 15) is 4.79 Å². The van der Waals surface area contributed by atoms with Gasteiger partial charge in [0, 0.05) is 24.2 Å². The van der Waals surface area contributed by atoms with Crippen LogP contribution < -0.4 is 10.5 Å². The molecule has 2 aromatic rings. The van der Waals surface area contributed by atoms with E-state index in [4.69, 9.17) is 10.5 Å². The van der Waals surface area contributed by atoms with E-state index in [1.54, 1.807) is 0 Å². The van der Waals surface area contributed by atoms with Gasteiger partial charge in [0.05, 0.1) is 0 Å². The Morgan fingerprint density at radius 1 is 1.15 bits per heavy atom. The van der Waals surface area contributed by atoms with Crippen LogP contribution in [-0.4, -0.2) is 36.0 Å². The maximum atomic E-state index is 12.7. The lowest BCUT2D eigenvalue weighted by Gasteiger charge is -2.38. The van der Waals surface area contributed by atoms with Crippen molar-refractivity contribution in [3.8, 4) is 16.9 Å². The Labute approximate surface area is 161 Å². The van der Waals surface area contributed by atoms with Crippen molar-refractivity contribution in [3.63, 3.8) is 0 Å². The van der Waals surface area contributed by atoms with Crippen LogP contribution in [-0.2, 0) is 4.79 Å². The zero-order valence-electron chi connectivity index (χ0n) is 15.1. The standard InChI is InChI=1S/C21H26N2O2.ClH/c1-16(22)19-12-7-8-14-23(19)21(24)15-25-20-13-6-5-11-18(20)17-9-3-2-4-10-17;/h2-6,9-11,13,16,19H,7-8,12,14-15,22H2,1H3;1H. The quantitative estimate of drug-likeness (QED) is 0.863. The van der Waals surface area contributed by atoms with Gasteiger partial charge in [0.1, 0.15) is 5.75 Å². The summed E-state index contributed by atoms with van der Waals surface area (Å²) in [5.74, 6) is 0.751. The van der Waals surface area contributed by atoms with Crippen molar-refractivity contribution in [2.45, 2.75) is 38.3 Å². The number of likely N-dealkylation sites (tertiary alicyclic amines) is 1. The highest BCUT2D eigenvalue weighted by molar-refractivity contribution is 5.85. The summed E-state index contributed by atoms with van der Waals surface area (Å²) in [7, 11) is 0. The van der Waals surface area contributed by atoms with E-state index < -0.39 is 0 Å². The first-order valence-electron chi connectivity index (χ1n) is 8.99. The summed E-state index contributed by atoms with van der Waals surface area (Å²) in [6.45, 7) is 2.80. The van der Waals surface area contributed by atoms with Gasteiger partial charge >= 0.3 is 0 Å². The van der Waals surface area contributed by atoms with Crippen LogP contribution in [0.4, 0.5) is 0 Å². The van der Waals surface area contributed by atoms with E-state index in [1.165, 1.54) is 0 Å². The molecule has 4 nitrogen and oxygen atoms in total. The third-order valence-corrected chi connectivity index (χ3v) is 4.80. The summed E-state index contributed by atoms with van der Waals surface area (Å²) < 4.78 is 5.90. The monoisotopic (exact) mass is 374 g/mol. The summed E-state index contributed by atoms with van der Waals surface area (Å²) in [5, 5.41) is 0. The Kier molecular flexibility index (Phi) is 7.49. The van der Waals surface area contributed by atoms with Crippen molar-refractivity contribution in [1.29, 1.82) is 0 Å². The van der Waals surface area contributed by atoms with Crippen molar-refractivity contribution in [1.82, 2.24) is 4.90 Å². The molecule has 1 heterocycles. The normalized spacial score (nSPS) is 17.9. The molecule has 1 amide bonds. The molecule has 5 heteroatoms. The molecule has 0 aromatic heterocycles. The predicted molar refractivity (Wildman–Crippen MR) is 108 cm³/mol. The molecule has 2 atom stereocenters. The van der Waals surface area contributed by atoms with Crippen LogP contribution in [0, 0.1) is 0 Å². The van der Waals surface area contributed by atoms with Gasteiger partial charge in [-0.15, -0.1) is 12.4 Å². The summed E-state index contributed by atoms with van der Waals surface area (Å²) in [4.78, 5) is 14.6. The van der Waals surface area contributed by atoms with Gasteiger partial charge in [0.15, 0.2) is 6.61 Å². The average Bonchev–Trinajstić information content (AvgIpc) is 2.67. The highest BCUT2D eigenvalue weighted by atomic mass is 35.5. The summed E-state index contributed by atoms with van der Waals surface area (Å²) in [6.07, 6.45) is 3.15. The summed E-state index contributed by atoms with van der Waals surface area (Å²) in [5.41, 5.74) is 8.15. The van der Waals surface area contributed by atoms with E-state index in [1.807, 2.05) is 66.4 Å². The minimum atomic E-state index is -0.0131. The first-order chi connectivity index (χ1) is 12.2. The molecule has 0 spiro atoms. The first-order valence-corrected chi connectivity index (χ1v) is 8.99. The molecule has 1 fully saturated rings. The Morgan fingerprint density at radius 3 is 2.58 bits per heavy atom. The molecule has 2 unspecified atom stereocenters. The number of ether oxygens (including phenoxy) is 1. The lowest BCUT2D eigenvalue weighted by molar-refractivity contribution is -0.137. The summed E-state index contributed by atoms with van der Waals surface area (Å²) >= 11 is 0. The van der Waals surface area contributed by atoms with Gasteiger partial charge in [-0.25, -0.2) is 0 Å². The van der Waals surface area contributed by atoms with Crippen LogP contribution in [0.2, 0.25) is 0 Å². The number of nitrogens with two attached hydrogens (primary N) is 1. The molecule has 2 aromatic carbocycles. The van der Waals surface area contributed by atoms with E-state index in [0.29, 0.717) is 0 Å². The van der Waals surface area contributed by atoms with Gasteiger partial charge in [0.25, 0.3) is 5.91 Å². The van der Waals surface area contributed by atoms with E-state index in [0.717, 1.165) is 42.7 Å². The molecule has 0 aliphatic carbocycles. The third-order valence-electron chi connectivity index (χ3n) is 4.80. The van der Waals surface area contributed by atoms with Crippen LogP contribution in [0.3, 0.4) is 0 Å². The minimum absolute atomic E-state index is 0. The maximum absolute atomic E-state index is 12.7. The Balaban J connectivity index is 0.00000243. The molecule has 26 heavy (non-hydrogen) atoms. The average molecular weight is 375 g/mol. The number of piperidine rings is 1. The number of carbonyl (C=O) groups excluding carboxylic acids is 1. The second kappa shape index (κ2) is 9.60. The van der Waals surface area contributed by atoms with Crippen molar-refractivity contribution in [2.24, 2.45) is 5.73 Å². The molecule has 140 valence electrons. The maximum Gasteiger partial charge on any atom is 0.260 e. The zero-order chi connectivity index (χ0) is 17.6. The summed E-state index contributed by atoms with van der Waals surface area (Å²) in [6, 6.07) is 18.0. The molecule has 3 rings (SSSR count). The largest absolute Gasteiger partial charge is 0.483 e. The Morgan fingerprint density at radius 2 is 1.85 bits per heavy atom. The number of amides is 1. The second-order valence-electron chi connectivity index (χ2n) is 6.66. The minimum Gasteiger partial charge on any atom is -0.483 e. The lowest BCUT2D eigenvalue weighted by atomic mass is 9.97. The van der Waals surface area contributed by atoms with Crippen LogP contribution >= 0.6 is 12.4 Å². The molecule has 0 bridgehead atoms. The fourth-order valence-corrected chi connectivity index (χ4v) is 3.48. The number of hydrogen-bond acceptors (Lipinski definition) is 3. The molecular formula is C21H27ClN2O2. The van der Waals surface area contributed by atoms with Gasteiger partial charge in [-0.2, -0.15) is 0 Å². The van der Waals surface area contributed by atoms with E-state index in [2.05, 4.69) is 0 Å². The number of rotatable bonds is 5. The molecule has 1 aliphatic rings. The van der Waals surface area contributed by atoms with Gasteiger partial charge in [-0.05, 0) is 37.8 Å². The molecule has 0 radical (unpaired) electrons. The van der Waals surface area contributed by atoms with Crippen molar-refractivity contribution in [3.05, 3.63) is 54.6 Å². The number of halogens is 1. The highest BCUT2D eigenvalue weighted by Crippen LogP contribution is 2.29. The molecule has 1 saturated heterocycles. The SMILES string of the molecule is CC(N)C1CCCCN1C(=O)COc1ccccc1-c1ccccc1.Cl. The van der Waals surface area contributed by atoms with Gasteiger partial charge in [0.2, 0.25) is 0 Å². The van der Waals surface area contributed by atoms with Crippen LogP contribution in [0.25, 0.3) is 11.1 Å². The van der Waals surface area contributed by atoms with Gasteiger partial charge < -0.3 is 15.4 Å².